The van der Waals surface area contributed by atoms with E-state index in [0.29, 0.717) is 5.16 Å². The number of benzene rings is 1. The Morgan fingerprint density at radius 2 is 2.11 bits per heavy atom. The standard InChI is InChI=1S/C11H11N3O2S2/c1-17-9-4-2-8(3-5-9)14-7-12-13-11(14)18-6-10(15)16/h2-5,7H,6H2,1H3,(H,15,16). The number of carboxylic acids is 1. The predicted octanol–water partition coefficient (Wildman–Crippen LogP) is 2.17. The Bertz CT molecular complexity index is 539. The lowest BCUT2D eigenvalue weighted by molar-refractivity contribution is -0.133. The van der Waals surface area contributed by atoms with Gasteiger partial charge in [-0.15, -0.1) is 22.0 Å². The van der Waals surface area contributed by atoms with Gasteiger partial charge in [-0.1, -0.05) is 11.8 Å². The molecule has 2 rings (SSSR count). The first kappa shape index (κ1) is 13.0. The zero-order valence-corrected chi connectivity index (χ0v) is 11.2. The molecule has 0 unspecified atom stereocenters. The van der Waals surface area contributed by atoms with E-state index in [2.05, 4.69) is 10.2 Å². The molecule has 0 aliphatic carbocycles. The maximum absolute atomic E-state index is 10.5. The predicted molar refractivity (Wildman–Crippen MR) is 71.5 cm³/mol. The van der Waals surface area contributed by atoms with Crippen LogP contribution in [0, 0.1) is 0 Å². The number of rotatable bonds is 5. The second-order valence-electron chi connectivity index (χ2n) is 3.36. The zero-order valence-electron chi connectivity index (χ0n) is 9.61. The molecule has 0 aliphatic rings. The van der Waals surface area contributed by atoms with Crippen molar-refractivity contribution in [2.24, 2.45) is 0 Å². The van der Waals surface area contributed by atoms with Crippen molar-refractivity contribution in [2.45, 2.75) is 10.1 Å². The molecule has 0 saturated heterocycles. The van der Waals surface area contributed by atoms with Gasteiger partial charge in [0.2, 0.25) is 0 Å². The number of hydrogen-bond donors (Lipinski definition) is 1. The minimum atomic E-state index is -0.868. The van der Waals surface area contributed by atoms with Crippen LogP contribution in [-0.4, -0.2) is 37.8 Å². The smallest absolute Gasteiger partial charge is 0.313 e. The van der Waals surface area contributed by atoms with E-state index in [1.807, 2.05) is 30.5 Å². The monoisotopic (exact) mass is 281 g/mol. The van der Waals surface area contributed by atoms with E-state index in [1.54, 1.807) is 22.7 Å². The summed E-state index contributed by atoms with van der Waals surface area (Å²) in [7, 11) is 0. The second-order valence-corrected chi connectivity index (χ2v) is 5.19. The van der Waals surface area contributed by atoms with Gasteiger partial charge in [-0.25, -0.2) is 0 Å². The van der Waals surface area contributed by atoms with Crippen molar-refractivity contribution in [2.75, 3.05) is 12.0 Å². The highest BCUT2D eigenvalue weighted by Crippen LogP contribution is 2.21. The molecule has 0 aliphatic heterocycles. The first-order valence-corrected chi connectivity index (χ1v) is 7.31. The van der Waals surface area contributed by atoms with Crippen LogP contribution in [0.4, 0.5) is 0 Å². The summed E-state index contributed by atoms with van der Waals surface area (Å²) in [6.07, 6.45) is 3.60. The van der Waals surface area contributed by atoms with Crippen LogP contribution in [0.2, 0.25) is 0 Å². The molecule has 1 aromatic carbocycles. The number of nitrogens with zero attached hydrogens (tertiary/aromatic N) is 3. The summed E-state index contributed by atoms with van der Waals surface area (Å²) in [6, 6.07) is 7.93. The van der Waals surface area contributed by atoms with Crippen LogP contribution >= 0.6 is 23.5 Å². The van der Waals surface area contributed by atoms with Crippen molar-refractivity contribution >= 4 is 29.5 Å². The quantitative estimate of drug-likeness (QED) is 0.847. The molecule has 0 spiro atoms. The van der Waals surface area contributed by atoms with Gasteiger partial charge in [-0.05, 0) is 30.5 Å². The van der Waals surface area contributed by atoms with Gasteiger partial charge in [-0.3, -0.25) is 9.36 Å². The first-order valence-electron chi connectivity index (χ1n) is 5.10. The van der Waals surface area contributed by atoms with Crippen LogP contribution in [-0.2, 0) is 4.79 Å². The largest absolute Gasteiger partial charge is 0.481 e. The van der Waals surface area contributed by atoms with Gasteiger partial charge >= 0.3 is 5.97 Å². The maximum Gasteiger partial charge on any atom is 0.313 e. The van der Waals surface area contributed by atoms with Crippen LogP contribution < -0.4 is 0 Å². The van der Waals surface area contributed by atoms with Gasteiger partial charge in [0.1, 0.15) is 6.33 Å². The number of thioether (sulfide) groups is 2. The Morgan fingerprint density at radius 1 is 1.39 bits per heavy atom. The summed E-state index contributed by atoms with van der Waals surface area (Å²) in [6.45, 7) is 0. The molecule has 0 amide bonds. The van der Waals surface area contributed by atoms with Gasteiger partial charge in [0.15, 0.2) is 5.16 Å². The van der Waals surface area contributed by atoms with E-state index >= 15 is 0 Å². The third-order valence-corrected chi connectivity index (χ3v) is 3.86. The number of aromatic nitrogens is 3. The SMILES string of the molecule is CSc1ccc(-n2cnnc2SCC(=O)O)cc1. The Kier molecular flexibility index (Phi) is 4.27. The Labute approximate surface area is 113 Å². The molecule has 0 radical (unpaired) electrons. The van der Waals surface area contributed by atoms with Crippen molar-refractivity contribution in [1.82, 2.24) is 14.8 Å². The van der Waals surface area contributed by atoms with E-state index in [1.165, 1.54) is 4.90 Å². The zero-order chi connectivity index (χ0) is 13.0. The fourth-order valence-electron chi connectivity index (χ4n) is 1.37. The molecule has 0 bridgehead atoms. The second kappa shape index (κ2) is 5.92. The van der Waals surface area contributed by atoms with E-state index < -0.39 is 5.97 Å². The molecule has 0 atom stereocenters. The van der Waals surface area contributed by atoms with Crippen LogP contribution in [0.5, 0.6) is 0 Å². The summed E-state index contributed by atoms with van der Waals surface area (Å²) in [4.78, 5) is 11.7. The number of carboxylic acid groups (broad SMARTS) is 1. The highest BCUT2D eigenvalue weighted by molar-refractivity contribution is 7.99. The average Bonchev–Trinajstić information content (AvgIpc) is 2.85. The molecule has 18 heavy (non-hydrogen) atoms. The Morgan fingerprint density at radius 3 is 2.72 bits per heavy atom. The minimum absolute atomic E-state index is 0.0262. The van der Waals surface area contributed by atoms with E-state index in [0.717, 1.165) is 17.4 Å². The van der Waals surface area contributed by atoms with Gasteiger partial charge in [0, 0.05) is 10.6 Å². The summed E-state index contributed by atoms with van der Waals surface area (Å²) in [5.41, 5.74) is 0.922. The molecule has 1 aromatic heterocycles. The maximum atomic E-state index is 10.5. The molecular formula is C11H11N3O2S2. The molecule has 5 nitrogen and oxygen atoms in total. The van der Waals surface area contributed by atoms with Crippen molar-refractivity contribution in [3.8, 4) is 5.69 Å². The summed E-state index contributed by atoms with van der Waals surface area (Å²) in [5.74, 6) is -0.894. The molecular weight excluding hydrogens is 270 g/mol. The molecule has 7 heteroatoms. The van der Waals surface area contributed by atoms with Crippen LogP contribution in [0.25, 0.3) is 5.69 Å². The third-order valence-electron chi connectivity index (χ3n) is 2.19. The van der Waals surface area contributed by atoms with Gasteiger partial charge in [-0.2, -0.15) is 0 Å². The molecule has 1 N–H and O–H groups in total. The van der Waals surface area contributed by atoms with Crippen LogP contribution in [0.1, 0.15) is 0 Å². The van der Waals surface area contributed by atoms with Crippen LogP contribution in [0.15, 0.2) is 40.6 Å². The molecule has 2 aromatic rings. The van der Waals surface area contributed by atoms with Gasteiger partial charge in [0.05, 0.1) is 5.75 Å². The number of hydrogen-bond acceptors (Lipinski definition) is 5. The molecule has 0 fully saturated rings. The van der Waals surface area contributed by atoms with Gasteiger partial charge < -0.3 is 5.11 Å². The Hall–Kier alpha value is -1.47. The van der Waals surface area contributed by atoms with Crippen LogP contribution in [0.3, 0.4) is 0 Å². The molecule has 1 heterocycles. The lowest BCUT2D eigenvalue weighted by atomic mass is 10.3. The normalized spacial score (nSPS) is 10.5. The first-order chi connectivity index (χ1) is 8.70. The number of carbonyl (C=O) groups is 1. The highest BCUT2D eigenvalue weighted by atomic mass is 32.2. The minimum Gasteiger partial charge on any atom is -0.481 e. The van der Waals surface area contributed by atoms with E-state index in [-0.39, 0.29) is 5.75 Å². The lowest BCUT2D eigenvalue weighted by Crippen LogP contribution is -2.01. The van der Waals surface area contributed by atoms with Crippen molar-refractivity contribution in [3.05, 3.63) is 30.6 Å². The third kappa shape index (κ3) is 3.05. The fraction of sp³-hybridized carbons (Fsp3) is 0.182. The lowest BCUT2D eigenvalue weighted by Gasteiger charge is -2.05. The van der Waals surface area contributed by atoms with Crippen molar-refractivity contribution in [1.29, 1.82) is 0 Å². The Balaban J connectivity index is 2.21. The topological polar surface area (TPSA) is 68.0 Å². The van der Waals surface area contributed by atoms with Crippen molar-refractivity contribution < 1.29 is 9.90 Å². The van der Waals surface area contributed by atoms with E-state index in [4.69, 9.17) is 5.11 Å². The summed E-state index contributed by atoms with van der Waals surface area (Å²) < 4.78 is 1.78. The highest BCUT2D eigenvalue weighted by Gasteiger charge is 2.09. The number of aliphatic carboxylic acids is 1. The average molecular weight is 281 g/mol. The van der Waals surface area contributed by atoms with Gasteiger partial charge in [0.25, 0.3) is 0 Å². The summed E-state index contributed by atoms with van der Waals surface area (Å²) >= 11 is 2.82. The van der Waals surface area contributed by atoms with Crippen molar-refractivity contribution in [3.63, 3.8) is 0 Å². The summed E-state index contributed by atoms with van der Waals surface area (Å²) in [5, 5.41) is 17.0. The fourth-order valence-corrected chi connectivity index (χ4v) is 2.43. The molecule has 0 saturated carbocycles. The van der Waals surface area contributed by atoms with E-state index in [9.17, 15) is 4.79 Å². The molecule has 94 valence electrons.